The Morgan fingerprint density at radius 3 is 2.44 bits per heavy atom. The first kappa shape index (κ1) is 10.7. The van der Waals surface area contributed by atoms with Crippen molar-refractivity contribution in [3.8, 4) is 11.4 Å². The predicted octanol–water partition coefficient (Wildman–Crippen LogP) is 3.24. The van der Waals surface area contributed by atoms with E-state index >= 15 is 0 Å². The minimum absolute atomic E-state index is 0.00208. The van der Waals surface area contributed by atoms with Gasteiger partial charge < -0.3 is 4.52 Å². The van der Waals surface area contributed by atoms with Crippen LogP contribution >= 0.6 is 0 Å². The molecule has 0 N–H and O–H groups in total. The van der Waals surface area contributed by atoms with Crippen molar-refractivity contribution in [2.75, 3.05) is 0 Å². The van der Waals surface area contributed by atoms with Gasteiger partial charge in [-0.05, 0) is 0 Å². The maximum absolute atomic E-state index is 13.3. The summed E-state index contributed by atoms with van der Waals surface area (Å²) in [5.74, 6) is -2.39. The number of aromatic nitrogens is 2. The minimum atomic E-state index is -2.78. The summed E-state index contributed by atoms with van der Waals surface area (Å²) in [6, 6.07) is 5.89. The highest BCUT2D eigenvalue weighted by Gasteiger charge is 2.28. The molecule has 0 amide bonds. The third kappa shape index (κ3) is 1.93. The average molecular weight is 224 g/mol. The lowest BCUT2D eigenvalue weighted by atomic mass is 10.0. The fourth-order valence-electron chi connectivity index (χ4n) is 1.37. The monoisotopic (exact) mass is 224 g/mol. The Balaban J connectivity index is 2.30. The fourth-order valence-corrected chi connectivity index (χ4v) is 1.37. The molecule has 0 saturated heterocycles. The standard InChI is InChI=1S/C11H10F2N2O/c1-2-11(12,13)9-5-3-8(4-6-9)10-14-7-16-15-10/h3-7H,2H2,1H3. The van der Waals surface area contributed by atoms with Crippen molar-refractivity contribution in [3.63, 3.8) is 0 Å². The molecule has 1 heterocycles. The Morgan fingerprint density at radius 2 is 1.94 bits per heavy atom. The highest BCUT2D eigenvalue weighted by Crippen LogP contribution is 2.32. The molecule has 2 aromatic rings. The van der Waals surface area contributed by atoms with E-state index in [-0.39, 0.29) is 12.0 Å². The molecule has 2 rings (SSSR count). The van der Waals surface area contributed by atoms with Gasteiger partial charge in [0.15, 0.2) is 0 Å². The smallest absolute Gasteiger partial charge is 0.273 e. The van der Waals surface area contributed by atoms with Gasteiger partial charge in [0.05, 0.1) is 0 Å². The van der Waals surface area contributed by atoms with Gasteiger partial charge in [0.2, 0.25) is 12.2 Å². The summed E-state index contributed by atoms with van der Waals surface area (Å²) in [6.45, 7) is 1.45. The predicted molar refractivity (Wildman–Crippen MR) is 53.9 cm³/mol. The summed E-state index contributed by atoms with van der Waals surface area (Å²) in [4.78, 5) is 3.83. The molecule has 1 aromatic carbocycles. The molecule has 16 heavy (non-hydrogen) atoms. The molecule has 0 unspecified atom stereocenters. The number of nitrogens with zero attached hydrogens (tertiary/aromatic N) is 2. The van der Waals surface area contributed by atoms with Gasteiger partial charge in [-0.25, -0.2) is 8.78 Å². The van der Waals surface area contributed by atoms with Gasteiger partial charge in [-0.15, -0.1) is 0 Å². The Kier molecular flexibility index (Phi) is 2.68. The third-order valence-electron chi connectivity index (χ3n) is 2.37. The van der Waals surface area contributed by atoms with E-state index < -0.39 is 5.92 Å². The highest BCUT2D eigenvalue weighted by molar-refractivity contribution is 5.54. The summed E-state index contributed by atoms with van der Waals surface area (Å²) in [7, 11) is 0. The van der Waals surface area contributed by atoms with Crippen LogP contribution in [0.5, 0.6) is 0 Å². The number of hydrogen-bond donors (Lipinski definition) is 0. The van der Waals surface area contributed by atoms with Crippen LogP contribution in [-0.2, 0) is 5.92 Å². The van der Waals surface area contributed by atoms with Crippen LogP contribution in [0.25, 0.3) is 11.4 Å². The van der Waals surface area contributed by atoms with Crippen LogP contribution in [0.4, 0.5) is 8.78 Å². The number of hydrogen-bond acceptors (Lipinski definition) is 3. The summed E-state index contributed by atoms with van der Waals surface area (Å²) in [5.41, 5.74) is 0.659. The second-order valence-electron chi connectivity index (χ2n) is 3.39. The molecule has 0 bridgehead atoms. The first-order valence-corrected chi connectivity index (χ1v) is 4.88. The van der Waals surface area contributed by atoms with Crippen LogP contribution in [0, 0.1) is 0 Å². The Morgan fingerprint density at radius 1 is 1.25 bits per heavy atom. The van der Waals surface area contributed by atoms with Crippen molar-refractivity contribution in [1.29, 1.82) is 0 Å². The molecule has 0 aliphatic rings. The van der Waals surface area contributed by atoms with E-state index in [0.717, 1.165) is 0 Å². The van der Waals surface area contributed by atoms with E-state index in [9.17, 15) is 8.78 Å². The second-order valence-corrected chi connectivity index (χ2v) is 3.39. The molecule has 0 spiro atoms. The number of alkyl halides is 2. The van der Waals surface area contributed by atoms with Gasteiger partial charge in [-0.2, -0.15) is 4.98 Å². The first-order chi connectivity index (χ1) is 7.63. The van der Waals surface area contributed by atoms with Gasteiger partial charge in [0.25, 0.3) is 5.92 Å². The van der Waals surface area contributed by atoms with E-state index in [1.165, 1.54) is 25.5 Å². The molecule has 3 nitrogen and oxygen atoms in total. The zero-order valence-corrected chi connectivity index (χ0v) is 8.65. The maximum atomic E-state index is 13.3. The van der Waals surface area contributed by atoms with Crippen LogP contribution in [-0.4, -0.2) is 10.1 Å². The average Bonchev–Trinajstić information content (AvgIpc) is 2.83. The molecular formula is C11H10F2N2O. The molecule has 1 aromatic heterocycles. The van der Waals surface area contributed by atoms with Gasteiger partial charge in [-0.3, -0.25) is 0 Å². The summed E-state index contributed by atoms with van der Waals surface area (Å²) < 4.78 is 31.2. The van der Waals surface area contributed by atoms with Gasteiger partial charge in [-0.1, -0.05) is 36.3 Å². The molecule has 0 aliphatic heterocycles. The highest BCUT2D eigenvalue weighted by atomic mass is 19.3. The minimum Gasteiger partial charge on any atom is -0.342 e. The molecule has 84 valence electrons. The van der Waals surface area contributed by atoms with Crippen molar-refractivity contribution >= 4 is 0 Å². The van der Waals surface area contributed by atoms with E-state index in [0.29, 0.717) is 11.4 Å². The first-order valence-electron chi connectivity index (χ1n) is 4.88. The zero-order chi connectivity index (χ0) is 11.6. The van der Waals surface area contributed by atoms with Crippen molar-refractivity contribution in [3.05, 3.63) is 36.2 Å². The Labute approximate surface area is 91.1 Å². The molecular weight excluding hydrogens is 214 g/mol. The molecule has 0 atom stereocenters. The molecule has 5 heteroatoms. The van der Waals surface area contributed by atoms with Crippen LogP contribution in [0.1, 0.15) is 18.9 Å². The lowest BCUT2D eigenvalue weighted by Gasteiger charge is -2.14. The lowest BCUT2D eigenvalue weighted by Crippen LogP contribution is -2.10. The van der Waals surface area contributed by atoms with Crippen molar-refractivity contribution in [2.45, 2.75) is 19.3 Å². The van der Waals surface area contributed by atoms with Gasteiger partial charge in [0.1, 0.15) is 0 Å². The van der Waals surface area contributed by atoms with Crippen molar-refractivity contribution < 1.29 is 13.3 Å². The quantitative estimate of drug-likeness (QED) is 0.803. The van der Waals surface area contributed by atoms with E-state index in [2.05, 4.69) is 14.7 Å². The molecule has 0 radical (unpaired) electrons. The number of rotatable bonds is 3. The summed E-state index contributed by atoms with van der Waals surface area (Å²) >= 11 is 0. The fraction of sp³-hybridized carbons (Fsp3) is 0.273. The summed E-state index contributed by atoms with van der Waals surface area (Å²) in [5, 5.41) is 3.62. The van der Waals surface area contributed by atoms with E-state index in [4.69, 9.17) is 0 Å². The maximum Gasteiger partial charge on any atom is 0.273 e. The van der Waals surface area contributed by atoms with Gasteiger partial charge >= 0.3 is 0 Å². The molecule has 0 saturated carbocycles. The van der Waals surface area contributed by atoms with E-state index in [1.54, 1.807) is 12.1 Å². The third-order valence-corrected chi connectivity index (χ3v) is 2.37. The van der Waals surface area contributed by atoms with Gasteiger partial charge in [0, 0.05) is 17.5 Å². The Bertz CT molecular complexity index is 451. The lowest BCUT2D eigenvalue weighted by molar-refractivity contribution is -0.00827. The number of benzene rings is 1. The van der Waals surface area contributed by atoms with Crippen LogP contribution in [0.3, 0.4) is 0 Å². The van der Waals surface area contributed by atoms with E-state index in [1.807, 2.05) is 0 Å². The van der Waals surface area contributed by atoms with Crippen LogP contribution in [0.2, 0.25) is 0 Å². The number of halogens is 2. The van der Waals surface area contributed by atoms with Crippen molar-refractivity contribution in [1.82, 2.24) is 10.1 Å². The zero-order valence-electron chi connectivity index (χ0n) is 8.65. The van der Waals surface area contributed by atoms with Crippen LogP contribution < -0.4 is 0 Å². The SMILES string of the molecule is CCC(F)(F)c1ccc(-c2ncon2)cc1. The second kappa shape index (κ2) is 4.00. The molecule has 0 aliphatic carbocycles. The topological polar surface area (TPSA) is 38.9 Å². The molecule has 0 fully saturated rings. The normalized spacial score (nSPS) is 11.7. The Hall–Kier alpha value is -1.78. The summed E-state index contributed by atoms with van der Waals surface area (Å²) in [6.07, 6.45) is 0.985. The largest absolute Gasteiger partial charge is 0.342 e. The van der Waals surface area contributed by atoms with Crippen molar-refractivity contribution in [2.24, 2.45) is 0 Å². The van der Waals surface area contributed by atoms with Crippen LogP contribution in [0.15, 0.2) is 35.2 Å².